The van der Waals surface area contributed by atoms with E-state index in [4.69, 9.17) is 13.9 Å². The Bertz CT molecular complexity index is 1030. The van der Waals surface area contributed by atoms with E-state index in [0.29, 0.717) is 49.0 Å². The topological polar surface area (TPSA) is 72.2 Å². The summed E-state index contributed by atoms with van der Waals surface area (Å²) in [6.45, 7) is 1.99. The molecule has 2 aliphatic heterocycles. The zero-order valence-electron chi connectivity index (χ0n) is 15.7. The Morgan fingerprint density at radius 3 is 2.34 bits per heavy atom. The molecule has 29 heavy (non-hydrogen) atoms. The Morgan fingerprint density at radius 1 is 0.862 bits per heavy atom. The van der Waals surface area contributed by atoms with Gasteiger partial charge in [-0.25, -0.2) is 0 Å². The monoisotopic (exact) mass is 392 g/mol. The summed E-state index contributed by atoms with van der Waals surface area (Å²) in [5.74, 6) is 1.29. The van der Waals surface area contributed by atoms with Gasteiger partial charge in [-0.05, 0) is 24.3 Å². The van der Waals surface area contributed by atoms with E-state index < -0.39 is 6.10 Å². The molecular weight excluding hydrogens is 372 g/mol. The van der Waals surface area contributed by atoms with Gasteiger partial charge in [-0.1, -0.05) is 30.3 Å². The van der Waals surface area contributed by atoms with Gasteiger partial charge < -0.3 is 23.7 Å². The van der Waals surface area contributed by atoms with E-state index in [1.165, 1.54) is 0 Å². The number of amides is 2. The number of furan rings is 1. The summed E-state index contributed by atoms with van der Waals surface area (Å²) in [4.78, 5) is 29.0. The predicted molar refractivity (Wildman–Crippen MR) is 105 cm³/mol. The van der Waals surface area contributed by atoms with Crippen LogP contribution in [0.15, 0.2) is 59.0 Å². The van der Waals surface area contributed by atoms with E-state index in [2.05, 4.69) is 0 Å². The molecule has 0 N–H and O–H groups in total. The van der Waals surface area contributed by atoms with E-state index in [9.17, 15) is 9.59 Å². The fraction of sp³-hybridized carbons (Fsp3) is 0.273. The van der Waals surface area contributed by atoms with Crippen molar-refractivity contribution < 1.29 is 23.5 Å². The van der Waals surface area contributed by atoms with Crippen LogP contribution in [0.1, 0.15) is 10.6 Å². The summed E-state index contributed by atoms with van der Waals surface area (Å²) in [7, 11) is 0. The summed E-state index contributed by atoms with van der Waals surface area (Å²) < 4.78 is 17.1. The molecule has 1 atom stereocenters. The summed E-state index contributed by atoms with van der Waals surface area (Å²) in [6.07, 6.45) is -0.664. The molecule has 0 saturated carbocycles. The Labute approximate surface area is 167 Å². The third-order valence-corrected chi connectivity index (χ3v) is 5.30. The second kappa shape index (κ2) is 7.16. The highest BCUT2D eigenvalue weighted by Gasteiger charge is 2.34. The maximum absolute atomic E-state index is 12.8. The average molecular weight is 392 g/mol. The number of nitrogens with zero attached hydrogens (tertiary/aromatic N) is 2. The third kappa shape index (κ3) is 3.29. The first-order valence-electron chi connectivity index (χ1n) is 9.64. The van der Waals surface area contributed by atoms with Gasteiger partial charge in [0.05, 0.1) is 0 Å². The second-order valence-corrected chi connectivity index (χ2v) is 7.13. The number of para-hydroxylation sites is 3. The highest BCUT2D eigenvalue weighted by atomic mass is 16.6. The molecule has 7 nitrogen and oxygen atoms in total. The number of hydrogen-bond donors (Lipinski definition) is 0. The molecule has 2 aliphatic rings. The maximum atomic E-state index is 12.8. The van der Waals surface area contributed by atoms with Crippen molar-refractivity contribution in [1.29, 1.82) is 0 Å². The molecule has 5 rings (SSSR count). The van der Waals surface area contributed by atoms with E-state index in [1.54, 1.807) is 21.9 Å². The van der Waals surface area contributed by atoms with Crippen LogP contribution in [0.25, 0.3) is 11.0 Å². The fourth-order valence-corrected chi connectivity index (χ4v) is 3.72. The van der Waals surface area contributed by atoms with Gasteiger partial charge >= 0.3 is 0 Å². The molecule has 0 radical (unpaired) electrons. The van der Waals surface area contributed by atoms with Crippen LogP contribution >= 0.6 is 0 Å². The number of benzene rings is 2. The van der Waals surface area contributed by atoms with Crippen molar-refractivity contribution >= 4 is 22.8 Å². The van der Waals surface area contributed by atoms with Crippen molar-refractivity contribution in [1.82, 2.24) is 9.80 Å². The van der Waals surface area contributed by atoms with E-state index in [0.717, 1.165) is 5.39 Å². The van der Waals surface area contributed by atoms with Crippen molar-refractivity contribution in [2.75, 3.05) is 32.8 Å². The molecule has 0 unspecified atom stereocenters. The number of hydrogen-bond acceptors (Lipinski definition) is 5. The van der Waals surface area contributed by atoms with Crippen LogP contribution in [0, 0.1) is 0 Å². The molecular formula is C22H20N2O5. The quantitative estimate of drug-likeness (QED) is 0.670. The molecule has 2 aromatic carbocycles. The summed E-state index contributed by atoms with van der Waals surface area (Å²) in [6, 6.07) is 16.6. The van der Waals surface area contributed by atoms with Crippen molar-refractivity contribution in [3.63, 3.8) is 0 Å². The third-order valence-electron chi connectivity index (χ3n) is 5.30. The standard InChI is InChI=1S/C22H20N2O5/c25-21(19-13-15-5-1-2-6-16(15)28-19)23-9-11-24(12-10-23)22(26)20-14-27-17-7-3-4-8-18(17)29-20/h1-8,13,20H,9-12,14H2/t20-/m0/s1. The Kier molecular flexibility index (Phi) is 4.35. The van der Waals surface area contributed by atoms with Gasteiger partial charge in [0.2, 0.25) is 6.10 Å². The van der Waals surface area contributed by atoms with Crippen LogP contribution in [0.4, 0.5) is 0 Å². The number of carbonyl (C=O) groups is 2. The normalized spacial score (nSPS) is 18.7. The molecule has 1 aromatic heterocycles. The Balaban J connectivity index is 1.21. The zero-order valence-corrected chi connectivity index (χ0v) is 15.7. The van der Waals surface area contributed by atoms with Crippen LogP contribution in [0.2, 0.25) is 0 Å². The van der Waals surface area contributed by atoms with Crippen molar-refractivity contribution in [2.45, 2.75) is 6.10 Å². The van der Waals surface area contributed by atoms with Crippen LogP contribution in [-0.2, 0) is 4.79 Å². The molecule has 0 bridgehead atoms. The highest BCUT2D eigenvalue weighted by Crippen LogP contribution is 2.31. The highest BCUT2D eigenvalue weighted by molar-refractivity contribution is 5.96. The lowest BCUT2D eigenvalue weighted by atomic mass is 10.2. The van der Waals surface area contributed by atoms with E-state index in [1.807, 2.05) is 42.5 Å². The fourth-order valence-electron chi connectivity index (χ4n) is 3.72. The molecule has 3 heterocycles. The maximum Gasteiger partial charge on any atom is 0.289 e. The van der Waals surface area contributed by atoms with Crippen LogP contribution in [-0.4, -0.2) is 60.5 Å². The van der Waals surface area contributed by atoms with Crippen molar-refractivity contribution in [3.05, 3.63) is 60.4 Å². The van der Waals surface area contributed by atoms with Gasteiger partial charge in [-0.2, -0.15) is 0 Å². The first kappa shape index (κ1) is 17.6. The Morgan fingerprint density at radius 2 is 1.55 bits per heavy atom. The SMILES string of the molecule is O=C(c1cc2ccccc2o1)N1CCN(C(=O)[C@@H]2COc3ccccc3O2)CC1. The first-order valence-corrected chi connectivity index (χ1v) is 9.64. The van der Waals surface area contributed by atoms with Crippen molar-refractivity contribution in [2.24, 2.45) is 0 Å². The minimum absolute atomic E-state index is 0.115. The van der Waals surface area contributed by atoms with E-state index in [-0.39, 0.29) is 18.4 Å². The summed E-state index contributed by atoms with van der Waals surface area (Å²) in [5.41, 5.74) is 0.694. The molecule has 3 aromatic rings. The number of carbonyl (C=O) groups excluding carboxylic acids is 2. The molecule has 1 fully saturated rings. The van der Waals surface area contributed by atoms with Gasteiger partial charge in [-0.3, -0.25) is 9.59 Å². The molecule has 7 heteroatoms. The number of piperazine rings is 1. The minimum Gasteiger partial charge on any atom is -0.485 e. The van der Waals surface area contributed by atoms with Gasteiger partial charge in [-0.15, -0.1) is 0 Å². The largest absolute Gasteiger partial charge is 0.485 e. The van der Waals surface area contributed by atoms with E-state index >= 15 is 0 Å². The van der Waals surface area contributed by atoms with Gasteiger partial charge in [0.15, 0.2) is 17.3 Å². The summed E-state index contributed by atoms with van der Waals surface area (Å²) in [5, 5.41) is 0.902. The second-order valence-electron chi connectivity index (χ2n) is 7.13. The molecule has 0 spiro atoms. The van der Waals surface area contributed by atoms with Gasteiger partial charge in [0, 0.05) is 31.6 Å². The lowest BCUT2D eigenvalue weighted by Gasteiger charge is -2.36. The molecule has 2 amide bonds. The smallest absolute Gasteiger partial charge is 0.289 e. The predicted octanol–water partition coefficient (Wildman–Crippen LogP) is 2.56. The molecule has 148 valence electrons. The number of rotatable bonds is 2. The zero-order chi connectivity index (χ0) is 19.8. The van der Waals surface area contributed by atoms with Crippen LogP contribution < -0.4 is 9.47 Å². The number of fused-ring (bicyclic) bond motifs is 2. The average Bonchev–Trinajstić information content (AvgIpc) is 3.22. The van der Waals surface area contributed by atoms with Crippen LogP contribution in [0.5, 0.6) is 11.5 Å². The Hall–Kier alpha value is -3.48. The summed E-state index contributed by atoms with van der Waals surface area (Å²) >= 11 is 0. The molecule has 1 saturated heterocycles. The lowest BCUT2D eigenvalue weighted by Crippen LogP contribution is -2.55. The first-order chi connectivity index (χ1) is 14.2. The van der Waals surface area contributed by atoms with Crippen LogP contribution in [0.3, 0.4) is 0 Å². The molecule has 0 aliphatic carbocycles. The number of ether oxygens (including phenoxy) is 2. The van der Waals surface area contributed by atoms with Gasteiger partial charge in [0.1, 0.15) is 12.2 Å². The minimum atomic E-state index is -0.664. The van der Waals surface area contributed by atoms with Crippen molar-refractivity contribution in [3.8, 4) is 11.5 Å². The van der Waals surface area contributed by atoms with Gasteiger partial charge in [0.25, 0.3) is 11.8 Å². The lowest BCUT2D eigenvalue weighted by molar-refractivity contribution is -0.142.